The molecule has 0 aromatic heterocycles. The Morgan fingerprint density at radius 3 is 1.13 bits per heavy atom. The second-order valence-electron chi connectivity index (χ2n) is 13.4. The lowest BCUT2D eigenvalue weighted by molar-refractivity contribution is -0.193. The van der Waals surface area contributed by atoms with E-state index in [0.717, 1.165) is 0 Å². The molecule has 16 heteroatoms. The van der Waals surface area contributed by atoms with Gasteiger partial charge in [0.05, 0.1) is 48.5 Å². The largest absolute Gasteiger partial charge is 0.462 e. The van der Waals surface area contributed by atoms with Gasteiger partial charge < -0.3 is 66.3 Å². The first-order valence-corrected chi connectivity index (χ1v) is 17.9. The van der Waals surface area contributed by atoms with E-state index >= 15 is 0 Å². The first kappa shape index (κ1) is 48.5. The third-order valence-corrected chi connectivity index (χ3v) is 9.18. The van der Waals surface area contributed by atoms with Crippen molar-refractivity contribution in [3.8, 4) is 0 Å². The Kier molecular flexibility index (Phi) is 26.1. The fourth-order valence-corrected chi connectivity index (χ4v) is 6.36. The van der Waals surface area contributed by atoms with Crippen LogP contribution in [0.15, 0.2) is 0 Å². The lowest BCUT2D eigenvalue weighted by Crippen LogP contribution is -2.47. The van der Waals surface area contributed by atoms with Gasteiger partial charge in [0, 0.05) is 80.2 Å². The number of cyclic esters (lactones) is 2. The average molecular weight is 757 g/mol. The SMILES string of the molecule is COCOC1[C@H](C)C(=O)O[C@@H](C[C@@H](C)OCOC)CC(OCOC)[C@H](C)[C@H](OCOC)[C@H](C)C(=O)OC(C[C@@H](C)OCOC)C[C@H](OCOC)[C@@H]1C. The molecule has 308 valence electrons. The van der Waals surface area contributed by atoms with Crippen LogP contribution >= 0.6 is 0 Å². The van der Waals surface area contributed by atoms with E-state index in [2.05, 4.69) is 0 Å². The maximum atomic E-state index is 14.1. The smallest absolute Gasteiger partial charge is 0.311 e. The molecule has 1 rings (SSSR count). The van der Waals surface area contributed by atoms with Crippen LogP contribution in [0.1, 0.15) is 67.2 Å². The van der Waals surface area contributed by atoms with Crippen LogP contribution in [0.5, 0.6) is 0 Å². The van der Waals surface area contributed by atoms with Crippen molar-refractivity contribution in [3.63, 3.8) is 0 Å². The summed E-state index contributed by atoms with van der Waals surface area (Å²) in [4.78, 5) is 28.2. The highest BCUT2D eigenvalue weighted by Crippen LogP contribution is 2.32. The molecule has 12 atom stereocenters. The second kappa shape index (κ2) is 28.0. The standard InChI is InChI=1S/C36H68O16/c1-23(45-17-39-7)13-29-15-31(47-19-41-9)25(3)33(49-21-43-11)28(6)36(38)52-30(14-24(2)46-18-40-8)16-32(48-20-42-10)26(4)34(50-22-44-12)27(5)35(37)51-29/h23-34H,13-22H2,1-12H3/t23-,24-,25+,26+,27+,28+,29+,30?,31?,32+,33+,34?/m1/s1. The Morgan fingerprint density at radius 1 is 0.519 bits per heavy atom. The Labute approximate surface area is 310 Å². The highest BCUT2D eigenvalue weighted by Gasteiger charge is 2.42. The van der Waals surface area contributed by atoms with Crippen molar-refractivity contribution in [2.45, 2.75) is 116 Å². The number of methoxy groups -OCH3 is 6. The zero-order valence-corrected chi connectivity index (χ0v) is 33.5. The summed E-state index contributed by atoms with van der Waals surface area (Å²) < 4.78 is 80.1. The Balaban J connectivity index is 3.83. The quantitative estimate of drug-likeness (QED) is 0.115. The van der Waals surface area contributed by atoms with Gasteiger partial charge in [-0.05, 0) is 27.7 Å². The van der Waals surface area contributed by atoms with Crippen molar-refractivity contribution in [2.75, 3.05) is 83.4 Å². The molecule has 1 aliphatic rings. The minimum absolute atomic E-state index is 0.0492. The van der Waals surface area contributed by atoms with Crippen LogP contribution in [0.4, 0.5) is 0 Å². The van der Waals surface area contributed by atoms with Crippen LogP contribution in [-0.2, 0) is 75.9 Å². The first-order chi connectivity index (χ1) is 24.9. The highest BCUT2D eigenvalue weighted by atomic mass is 16.7. The van der Waals surface area contributed by atoms with E-state index in [1.54, 1.807) is 13.8 Å². The van der Waals surface area contributed by atoms with Crippen molar-refractivity contribution < 1.29 is 75.9 Å². The van der Waals surface area contributed by atoms with Crippen LogP contribution in [0.3, 0.4) is 0 Å². The molecule has 0 aromatic rings. The molecule has 1 saturated heterocycles. The van der Waals surface area contributed by atoms with E-state index in [0.29, 0.717) is 12.8 Å². The Hall–Kier alpha value is -1.54. The van der Waals surface area contributed by atoms with Crippen molar-refractivity contribution in [1.82, 2.24) is 0 Å². The summed E-state index contributed by atoms with van der Waals surface area (Å²) in [5.41, 5.74) is 0. The number of hydrogen-bond donors (Lipinski definition) is 0. The van der Waals surface area contributed by atoms with Gasteiger partial charge in [0.15, 0.2) is 0 Å². The molecular formula is C36H68O16. The van der Waals surface area contributed by atoms with Crippen molar-refractivity contribution in [2.24, 2.45) is 23.7 Å². The molecule has 0 amide bonds. The topological polar surface area (TPSA) is 163 Å². The summed E-state index contributed by atoms with van der Waals surface area (Å²) in [6.07, 6.45) is -3.59. The molecule has 0 spiro atoms. The molecule has 3 unspecified atom stereocenters. The second-order valence-corrected chi connectivity index (χ2v) is 13.4. The number of esters is 2. The van der Waals surface area contributed by atoms with Crippen molar-refractivity contribution in [3.05, 3.63) is 0 Å². The van der Waals surface area contributed by atoms with Crippen LogP contribution in [0.25, 0.3) is 0 Å². The Bertz CT molecular complexity index is 855. The number of carbonyl (C=O) groups excluding carboxylic acids is 2. The van der Waals surface area contributed by atoms with Crippen LogP contribution in [0, 0.1) is 23.7 Å². The van der Waals surface area contributed by atoms with Gasteiger partial charge in [0.25, 0.3) is 0 Å². The first-order valence-electron chi connectivity index (χ1n) is 17.9. The van der Waals surface area contributed by atoms with Gasteiger partial charge in [-0.25, -0.2) is 0 Å². The summed E-state index contributed by atoms with van der Waals surface area (Å²) in [5.74, 6) is -3.40. The van der Waals surface area contributed by atoms with Crippen LogP contribution in [0.2, 0.25) is 0 Å². The predicted octanol–water partition coefficient (Wildman–Crippen LogP) is 3.90. The van der Waals surface area contributed by atoms with E-state index in [9.17, 15) is 9.59 Å². The zero-order chi connectivity index (χ0) is 39.1. The fourth-order valence-electron chi connectivity index (χ4n) is 6.36. The van der Waals surface area contributed by atoms with Crippen molar-refractivity contribution in [1.29, 1.82) is 0 Å². The highest BCUT2D eigenvalue weighted by molar-refractivity contribution is 5.73. The van der Waals surface area contributed by atoms with Gasteiger partial charge in [-0.1, -0.05) is 13.8 Å². The molecule has 52 heavy (non-hydrogen) atoms. The van der Waals surface area contributed by atoms with E-state index in [1.165, 1.54) is 42.7 Å². The number of carbonyl (C=O) groups is 2. The van der Waals surface area contributed by atoms with Gasteiger partial charge in [0.1, 0.15) is 53.0 Å². The molecule has 0 N–H and O–H groups in total. The predicted molar refractivity (Wildman–Crippen MR) is 187 cm³/mol. The molecule has 16 nitrogen and oxygen atoms in total. The Morgan fingerprint density at radius 2 is 0.827 bits per heavy atom. The lowest BCUT2D eigenvalue weighted by atomic mass is 9.84. The molecule has 0 saturated carbocycles. The molecule has 1 aliphatic heterocycles. The van der Waals surface area contributed by atoms with Crippen molar-refractivity contribution >= 4 is 11.9 Å². The summed E-state index contributed by atoms with van der Waals surface area (Å²) >= 11 is 0. The molecular weight excluding hydrogens is 688 g/mol. The van der Waals surface area contributed by atoms with Crippen LogP contribution < -0.4 is 0 Å². The minimum Gasteiger partial charge on any atom is -0.462 e. The normalized spacial score (nSPS) is 31.2. The average Bonchev–Trinajstić information content (AvgIpc) is 3.12. The van der Waals surface area contributed by atoms with Gasteiger partial charge in [-0.3, -0.25) is 9.59 Å². The molecule has 0 aliphatic carbocycles. The van der Waals surface area contributed by atoms with E-state index in [4.69, 9.17) is 66.3 Å². The van der Waals surface area contributed by atoms with E-state index in [1.807, 2.05) is 27.7 Å². The van der Waals surface area contributed by atoms with Gasteiger partial charge >= 0.3 is 11.9 Å². The maximum Gasteiger partial charge on any atom is 0.311 e. The van der Waals surface area contributed by atoms with Gasteiger partial charge in [-0.15, -0.1) is 0 Å². The number of hydrogen-bond acceptors (Lipinski definition) is 16. The molecule has 0 bridgehead atoms. The van der Waals surface area contributed by atoms with E-state index in [-0.39, 0.29) is 65.8 Å². The molecule has 0 aromatic carbocycles. The zero-order valence-electron chi connectivity index (χ0n) is 33.5. The van der Waals surface area contributed by atoms with Crippen LogP contribution in [-0.4, -0.2) is 144 Å². The fraction of sp³-hybridized carbons (Fsp3) is 0.944. The molecule has 1 heterocycles. The monoisotopic (exact) mass is 756 g/mol. The van der Waals surface area contributed by atoms with Gasteiger partial charge in [-0.2, -0.15) is 0 Å². The third-order valence-electron chi connectivity index (χ3n) is 9.18. The maximum absolute atomic E-state index is 14.1. The summed E-state index contributed by atoms with van der Waals surface area (Å²) in [6, 6.07) is 0. The van der Waals surface area contributed by atoms with E-state index < -0.39 is 72.2 Å². The molecule has 1 fully saturated rings. The third kappa shape index (κ3) is 17.7. The summed E-state index contributed by atoms with van der Waals surface area (Å²) in [6.45, 7) is 10.9. The number of rotatable bonds is 22. The molecule has 0 radical (unpaired) electrons. The lowest BCUT2D eigenvalue weighted by Gasteiger charge is -2.38. The summed E-state index contributed by atoms with van der Waals surface area (Å²) in [7, 11) is 9.10. The van der Waals surface area contributed by atoms with Gasteiger partial charge in [0.2, 0.25) is 0 Å². The number of ether oxygens (including phenoxy) is 14. The summed E-state index contributed by atoms with van der Waals surface area (Å²) in [5, 5.41) is 0. The minimum atomic E-state index is -0.775.